The molecule has 154 valence electrons. The summed E-state index contributed by atoms with van der Waals surface area (Å²) in [4.78, 5) is 11.5. The first-order chi connectivity index (χ1) is 14.1. The second-order valence-electron chi connectivity index (χ2n) is 8.82. The van der Waals surface area contributed by atoms with Gasteiger partial charge >= 0.3 is 0 Å². The van der Waals surface area contributed by atoms with Crippen molar-refractivity contribution in [1.29, 1.82) is 0 Å². The molecule has 1 aromatic carbocycles. The van der Waals surface area contributed by atoms with Crippen LogP contribution in [0.15, 0.2) is 30.3 Å². The highest BCUT2D eigenvalue weighted by Gasteiger charge is 2.44. The number of piperidine rings is 1. The van der Waals surface area contributed by atoms with E-state index in [-0.39, 0.29) is 17.8 Å². The van der Waals surface area contributed by atoms with Crippen LogP contribution < -0.4 is 10.6 Å². The van der Waals surface area contributed by atoms with Crippen LogP contribution in [0.25, 0.3) is 0 Å². The first-order valence-electron chi connectivity index (χ1n) is 10.9. The zero-order valence-electron chi connectivity index (χ0n) is 16.9. The Hall–Kier alpha value is -2.18. The number of fused-ring (bicyclic) bond motifs is 1. The van der Waals surface area contributed by atoms with Crippen molar-refractivity contribution in [2.75, 3.05) is 23.7 Å². The predicted octanol–water partition coefficient (Wildman–Crippen LogP) is 3.19. The summed E-state index contributed by atoms with van der Waals surface area (Å²) in [6, 6.07) is 10.3. The lowest BCUT2D eigenvalue weighted by molar-refractivity contribution is -0.173. The Morgan fingerprint density at radius 3 is 2.62 bits per heavy atom. The number of ether oxygens (including phenoxy) is 1. The maximum absolute atomic E-state index is 10.6. The molecule has 2 aromatic rings. The van der Waals surface area contributed by atoms with E-state index in [4.69, 9.17) is 10.5 Å². The van der Waals surface area contributed by atoms with Crippen LogP contribution in [0.3, 0.4) is 0 Å². The normalized spacial score (nSPS) is 26.3. The average molecular weight is 395 g/mol. The third-order valence-electron chi connectivity index (χ3n) is 6.81. The largest absolute Gasteiger partial charge is 0.393 e. The molecule has 1 aliphatic carbocycles. The van der Waals surface area contributed by atoms with Crippen LogP contribution in [-0.2, 0) is 17.6 Å². The molecule has 0 radical (unpaired) electrons. The Kier molecular flexibility index (Phi) is 4.92. The molecule has 6 heteroatoms. The number of aromatic nitrogens is 2. The molecule has 3 N–H and O–H groups in total. The van der Waals surface area contributed by atoms with Crippen molar-refractivity contribution < 1.29 is 9.84 Å². The minimum atomic E-state index is -0.317. The molecule has 5 rings (SSSR count). The van der Waals surface area contributed by atoms with Gasteiger partial charge in [0.25, 0.3) is 0 Å². The smallest absolute Gasteiger partial charge is 0.222 e. The van der Waals surface area contributed by atoms with Gasteiger partial charge in [-0.05, 0) is 44.1 Å². The molecule has 2 saturated heterocycles. The molecule has 2 fully saturated rings. The summed E-state index contributed by atoms with van der Waals surface area (Å²) in [6.07, 6.45) is 7.24. The highest BCUT2D eigenvalue weighted by molar-refractivity contribution is 5.53. The monoisotopic (exact) mass is 394 g/mol. The summed E-state index contributed by atoms with van der Waals surface area (Å²) >= 11 is 0. The molecule has 0 saturated carbocycles. The lowest BCUT2D eigenvalue weighted by Gasteiger charge is -2.48. The quantitative estimate of drug-likeness (QED) is 0.814. The standard InChI is InChI=1S/C23H30N4O2/c24-22-25-19-9-5-4-8-18(19)21(26-22)27-12-10-23(11-13-27)15-17(28)14-20(29-23)16-6-2-1-3-7-16/h1-3,6-7,17,20,28H,4-5,8-15H2,(H2,24,25,26)/t17-,20-/m1/s1. The fourth-order valence-corrected chi connectivity index (χ4v) is 5.33. The van der Waals surface area contributed by atoms with Gasteiger partial charge in [-0.1, -0.05) is 30.3 Å². The average Bonchev–Trinajstić information content (AvgIpc) is 2.74. The number of nitrogen functional groups attached to an aromatic ring is 1. The summed E-state index contributed by atoms with van der Waals surface area (Å²) in [5.74, 6) is 1.41. The molecule has 1 spiro atoms. The number of aliphatic hydroxyl groups is 1. The topological polar surface area (TPSA) is 84.5 Å². The van der Waals surface area contributed by atoms with Crippen LogP contribution in [0.1, 0.15) is 61.4 Å². The van der Waals surface area contributed by atoms with Crippen molar-refractivity contribution in [3.63, 3.8) is 0 Å². The third-order valence-corrected chi connectivity index (χ3v) is 6.81. The van der Waals surface area contributed by atoms with Crippen LogP contribution in [0.2, 0.25) is 0 Å². The Morgan fingerprint density at radius 1 is 1.07 bits per heavy atom. The molecule has 6 nitrogen and oxygen atoms in total. The van der Waals surface area contributed by atoms with Crippen LogP contribution in [0, 0.1) is 0 Å². The van der Waals surface area contributed by atoms with Crippen molar-refractivity contribution in [2.45, 2.75) is 69.2 Å². The van der Waals surface area contributed by atoms with E-state index in [1.165, 1.54) is 18.4 Å². The second kappa shape index (κ2) is 7.58. The Morgan fingerprint density at radius 2 is 1.83 bits per heavy atom. The number of anilines is 2. The third kappa shape index (κ3) is 3.71. The van der Waals surface area contributed by atoms with Gasteiger partial charge in [0, 0.05) is 31.5 Å². The first-order valence-corrected chi connectivity index (χ1v) is 10.9. The van der Waals surface area contributed by atoms with Gasteiger partial charge < -0.3 is 20.5 Å². The molecule has 0 amide bonds. The number of benzene rings is 1. The maximum Gasteiger partial charge on any atom is 0.222 e. The number of hydrogen-bond acceptors (Lipinski definition) is 6. The van der Waals surface area contributed by atoms with Gasteiger partial charge in [0.15, 0.2) is 0 Å². The zero-order valence-corrected chi connectivity index (χ0v) is 16.9. The Bertz CT molecular complexity index is 865. The maximum atomic E-state index is 10.6. The molecule has 2 atom stereocenters. The fraction of sp³-hybridized carbons (Fsp3) is 0.565. The number of hydrogen-bond donors (Lipinski definition) is 2. The minimum absolute atomic E-state index is 0.0334. The highest BCUT2D eigenvalue weighted by Crippen LogP contribution is 2.44. The van der Waals surface area contributed by atoms with Crippen molar-refractivity contribution in [2.24, 2.45) is 0 Å². The van der Waals surface area contributed by atoms with Crippen LogP contribution in [0.5, 0.6) is 0 Å². The number of nitrogens with two attached hydrogens (primary N) is 1. The van der Waals surface area contributed by atoms with Gasteiger partial charge in [0.2, 0.25) is 5.95 Å². The molecule has 1 aromatic heterocycles. The van der Waals surface area contributed by atoms with E-state index < -0.39 is 0 Å². The van der Waals surface area contributed by atoms with E-state index in [1.54, 1.807) is 0 Å². The summed E-state index contributed by atoms with van der Waals surface area (Å²) in [5.41, 5.74) is 9.34. The van der Waals surface area contributed by atoms with E-state index in [0.717, 1.165) is 55.8 Å². The van der Waals surface area contributed by atoms with Crippen molar-refractivity contribution in [3.8, 4) is 0 Å². The van der Waals surface area contributed by atoms with Crippen LogP contribution in [0.4, 0.5) is 11.8 Å². The molecule has 0 bridgehead atoms. The SMILES string of the molecule is Nc1nc2c(c(N3CCC4(CC3)C[C@H](O)C[C@H](c3ccccc3)O4)n1)CCCC2. The molecule has 2 aliphatic heterocycles. The Balaban J connectivity index is 1.34. The molecule has 3 heterocycles. The van der Waals surface area contributed by atoms with Crippen LogP contribution >= 0.6 is 0 Å². The Labute approximate surface area is 172 Å². The zero-order chi connectivity index (χ0) is 19.8. The lowest BCUT2D eigenvalue weighted by atomic mass is 9.80. The lowest BCUT2D eigenvalue weighted by Crippen LogP contribution is -2.51. The first kappa shape index (κ1) is 18.8. The van der Waals surface area contributed by atoms with E-state index in [9.17, 15) is 5.11 Å². The summed E-state index contributed by atoms with van der Waals surface area (Å²) in [6.45, 7) is 1.74. The number of rotatable bonds is 2. The fourth-order valence-electron chi connectivity index (χ4n) is 5.33. The highest BCUT2D eigenvalue weighted by atomic mass is 16.5. The minimum Gasteiger partial charge on any atom is -0.393 e. The van der Waals surface area contributed by atoms with Gasteiger partial charge in [-0.15, -0.1) is 0 Å². The second-order valence-corrected chi connectivity index (χ2v) is 8.82. The molecule has 29 heavy (non-hydrogen) atoms. The van der Waals surface area contributed by atoms with Crippen molar-refractivity contribution >= 4 is 11.8 Å². The van der Waals surface area contributed by atoms with Crippen LogP contribution in [-0.4, -0.2) is 39.9 Å². The molecule has 3 aliphatic rings. The van der Waals surface area contributed by atoms with Gasteiger partial charge in [0.05, 0.1) is 23.5 Å². The van der Waals surface area contributed by atoms with Gasteiger partial charge in [-0.2, -0.15) is 4.98 Å². The summed E-state index contributed by atoms with van der Waals surface area (Å²) in [5, 5.41) is 10.6. The summed E-state index contributed by atoms with van der Waals surface area (Å²) < 4.78 is 6.65. The van der Waals surface area contributed by atoms with Gasteiger partial charge in [0.1, 0.15) is 5.82 Å². The van der Waals surface area contributed by atoms with E-state index in [2.05, 4.69) is 27.0 Å². The van der Waals surface area contributed by atoms with Gasteiger partial charge in [-0.25, -0.2) is 4.98 Å². The van der Waals surface area contributed by atoms with E-state index >= 15 is 0 Å². The van der Waals surface area contributed by atoms with Crippen molar-refractivity contribution in [3.05, 3.63) is 47.2 Å². The number of nitrogens with zero attached hydrogens (tertiary/aromatic N) is 3. The number of aliphatic hydroxyl groups excluding tert-OH is 1. The van der Waals surface area contributed by atoms with Gasteiger partial charge in [-0.3, -0.25) is 0 Å². The van der Waals surface area contributed by atoms with Crippen molar-refractivity contribution in [1.82, 2.24) is 9.97 Å². The van der Waals surface area contributed by atoms with E-state index in [0.29, 0.717) is 18.8 Å². The predicted molar refractivity (Wildman–Crippen MR) is 113 cm³/mol. The molecule has 0 unspecified atom stereocenters. The molecular weight excluding hydrogens is 364 g/mol. The molecular formula is C23H30N4O2. The summed E-state index contributed by atoms with van der Waals surface area (Å²) in [7, 11) is 0. The number of aryl methyl sites for hydroxylation is 1. The van der Waals surface area contributed by atoms with E-state index in [1.807, 2.05) is 18.2 Å².